The van der Waals surface area contributed by atoms with E-state index in [0.29, 0.717) is 19.3 Å². The van der Waals surface area contributed by atoms with Crippen LogP contribution in [0.5, 0.6) is 0 Å². The third-order valence-corrected chi connectivity index (χ3v) is 3.01. The first-order chi connectivity index (χ1) is 8.96. The van der Waals surface area contributed by atoms with Gasteiger partial charge in [-0.05, 0) is 19.3 Å². The van der Waals surface area contributed by atoms with Gasteiger partial charge < -0.3 is 14.6 Å². The Bertz CT molecular complexity index is 282. The van der Waals surface area contributed by atoms with Gasteiger partial charge in [-0.2, -0.15) is 0 Å². The van der Waals surface area contributed by atoms with Crippen LogP contribution in [0.4, 0.5) is 0 Å². The van der Waals surface area contributed by atoms with Gasteiger partial charge in [-0.15, -0.1) is 0 Å². The van der Waals surface area contributed by atoms with Crippen LogP contribution in [0.15, 0.2) is 0 Å². The molecule has 3 atom stereocenters. The highest BCUT2D eigenvalue weighted by molar-refractivity contribution is 6.11. The minimum atomic E-state index is -0.379. The van der Waals surface area contributed by atoms with Crippen LogP contribution in [0.25, 0.3) is 0 Å². The SMILES string of the molecule is [B]C(CC(C)C(=O)OCCO)CC(CC)C(=O)OC. The van der Waals surface area contributed by atoms with E-state index in [1.807, 2.05) is 6.92 Å². The number of ether oxygens (including phenoxy) is 2. The lowest BCUT2D eigenvalue weighted by atomic mass is 9.74. The first-order valence-electron chi connectivity index (χ1n) is 6.57. The van der Waals surface area contributed by atoms with E-state index in [4.69, 9.17) is 22.4 Å². The molecule has 3 unspecified atom stereocenters. The van der Waals surface area contributed by atoms with Crippen LogP contribution in [0.2, 0.25) is 5.82 Å². The van der Waals surface area contributed by atoms with Gasteiger partial charge in [-0.25, -0.2) is 0 Å². The van der Waals surface area contributed by atoms with Crippen LogP contribution in [-0.2, 0) is 19.1 Å². The molecule has 1 N–H and O–H groups in total. The van der Waals surface area contributed by atoms with E-state index in [1.54, 1.807) is 6.92 Å². The van der Waals surface area contributed by atoms with Crippen molar-refractivity contribution in [1.82, 2.24) is 0 Å². The summed E-state index contributed by atoms with van der Waals surface area (Å²) in [6.07, 6.45) is 1.59. The average Bonchev–Trinajstić information content (AvgIpc) is 2.40. The zero-order chi connectivity index (χ0) is 14.8. The topological polar surface area (TPSA) is 72.8 Å². The second kappa shape index (κ2) is 9.84. The molecule has 0 aliphatic heterocycles. The normalized spacial score (nSPS) is 15.4. The van der Waals surface area contributed by atoms with Crippen LogP contribution >= 0.6 is 0 Å². The van der Waals surface area contributed by atoms with Gasteiger partial charge in [0, 0.05) is 0 Å². The third kappa shape index (κ3) is 7.20. The second-order valence-corrected chi connectivity index (χ2v) is 4.65. The van der Waals surface area contributed by atoms with Gasteiger partial charge in [-0.1, -0.05) is 19.7 Å². The predicted molar refractivity (Wildman–Crippen MR) is 71.7 cm³/mol. The number of methoxy groups -OCH3 is 1. The van der Waals surface area contributed by atoms with E-state index in [9.17, 15) is 9.59 Å². The Labute approximate surface area is 116 Å². The number of esters is 2. The predicted octanol–water partition coefficient (Wildman–Crippen LogP) is 1.09. The van der Waals surface area contributed by atoms with Gasteiger partial charge in [0.05, 0.1) is 33.4 Å². The van der Waals surface area contributed by atoms with Crippen LogP contribution in [0, 0.1) is 11.8 Å². The molecule has 6 heteroatoms. The maximum absolute atomic E-state index is 11.5. The van der Waals surface area contributed by atoms with Crippen molar-refractivity contribution in [2.24, 2.45) is 11.8 Å². The molecule has 0 saturated carbocycles. The number of aliphatic hydroxyl groups excluding tert-OH is 1. The molecule has 0 aromatic rings. The van der Waals surface area contributed by atoms with Gasteiger partial charge in [0.1, 0.15) is 6.61 Å². The van der Waals surface area contributed by atoms with Crippen molar-refractivity contribution >= 4 is 19.8 Å². The lowest BCUT2D eigenvalue weighted by molar-refractivity contribution is -0.149. The molecule has 0 aliphatic rings. The highest BCUT2D eigenvalue weighted by atomic mass is 16.5. The highest BCUT2D eigenvalue weighted by Gasteiger charge is 2.23. The summed E-state index contributed by atoms with van der Waals surface area (Å²) in [5.41, 5.74) is 0. The van der Waals surface area contributed by atoms with Crippen LogP contribution < -0.4 is 0 Å². The lowest BCUT2D eigenvalue weighted by Crippen LogP contribution is -2.21. The maximum atomic E-state index is 11.5. The Morgan fingerprint density at radius 2 is 1.89 bits per heavy atom. The van der Waals surface area contributed by atoms with Crippen molar-refractivity contribution in [3.8, 4) is 0 Å². The van der Waals surface area contributed by atoms with Gasteiger partial charge >= 0.3 is 11.9 Å². The molecule has 0 amide bonds. The number of carbonyl (C=O) groups is 2. The zero-order valence-corrected chi connectivity index (χ0v) is 11.9. The third-order valence-electron chi connectivity index (χ3n) is 3.01. The fourth-order valence-corrected chi connectivity index (χ4v) is 1.90. The molecule has 2 radical (unpaired) electrons. The van der Waals surface area contributed by atoms with Crippen molar-refractivity contribution in [2.45, 2.75) is 38.9 Å². The van der Waals surface area contributed by atoms with E-state index in [1.165, 1.54) is 7.11 Å². The van der Waals surface area contributed by atoms with Gasteiger partial charge in [0.25, 0.3) is 0 Å². The summed E-state index contributed by atoms with van der Waals surface area (Å²) in [6.45, 7) is 3.43. The summed E-state index contributed by atoms with van der Waals surface area (Å²) in [4.78, 5) is 22.9. The Balaban J connectivity index is 4.17. The molecule has 0 rings (SSSR count). The molecule has 0 fully saturated rings. The Morgan fingerprint density at radius 3 is 2.37 bits per heavy atom. The highest BCUT2D eigenvalue weighted by Crippen LogP contribution is 2.25. The molecule has 5 nitrogen and oxygen atoms in total. The van der Waals surface area contributed by atoms with E-state index < -0.39 is 0 Å². The van der Waals surface area contributed by atoms with Crippen molar-refractivity contribution in [1.29, 1.82) is 0 Å². The quantitative estimate of drug-likeness (QED) is 0.501. The second-order valence-electron chi connectivity index (χ2n) is 4.65. The van der Waals surface area contributed by atoms with E-state index in [0.717, 1.165) is 0 Å². The largest absolute Gasteiger partial charge is 0.469 e. The average molecular weight is 270 g/mol. The Morgan fingerprint density at radius 1 is 1.26 bits per heavy atom. The molecule has 0 heterocycles. The summed E-state index contributed by atoms with van der Waals surface area (Å²) >= 11 is 0. The molecular formula is C13H23BO5. The van der Waals surface area contributed by atoms with Crippen molar-refractivity contribution in [3.63, 3.8) is 0 Å². The summed E-state index contributed by atoms with van der Waals surface area (Å²) in [7, 11) is 7.30. The van der Waals surface area contributed by atoms with Crippen LogP contribution in [-0.4, -0.2) is 45.2 Å². The summed E-state index contributed by atoms with van der Waals surface area (Å²) in [5.74, 6) is -1.50. The van der Waals surface area contributed by atoms with Crippen LogP contribution in [0.1, 0.15) is 33.1 Å². The van der Waals surface area contributed by atoms with Gasteiger partial charge in [-0.3, -0.25) is 9.59 Å². The standard InChI is InChI=1S/C13H23BO5/c1-4-10(13(17)18-3)8-11(14)7-9(2)12(16)19-6-5-15/h9-11,15H,4-8H2,1-3H3. The first kappa shape index (κ1) is 18.0. The molecule has 0 spiro atoms. The molecule has 0 saturated heterocycles. The van der Waals surface area contributed by atoms with Crippen molar-refractivity contribution in [3.05, 3.63) is 0 Å². The number of carbonyl (C=O) groups excluding carboxylic acids is 2. The number of hydrogen-bond acceptors (Lipinski definition) is 5. The first-order valence-corrected chi connectivity index (χ1v) is 6.57. The molecule has 19 heavy (non-hydrogen) atoms. The van der Waals surface area contributed by atoms with Crippen molar-refractivity contribution < 1.29 is 24.2 Å². The van der Waals surface area contributed by atoms with Crippen LogP contribution in [0.3, 0.4) is 0 Å². The maximum Gasteiger partial charge on any atom is 0.308 e. The Hall–Kier alpha value is -1.04. The van der Waals surface area contributed by atoms with Gasteiger partial charge in [0.15, 0.2) is 0 Å². The molecule has 108 valence electrons. The summed E-state index contributed by atoms with van der Waals surface area (Å²) in [6, 6.07) is 0. The summed E-state index contributed by atoms with van der Waals surface area (Å²) < 4.78 is 9.51. The molecule has 0 aliphatic carbocycles. The minimum absolute atomic E-state index is 0.00183. The fourth-order valence-electron chi connectivity index (χ4n) is 1.90. The minimum Gasteiger partial charge on any atom is -0.469 e. The number of hydrogen-bond donors (Lipinski definition) is 1. The van der Waals surface area contributed by atoms with Crippen molar-refractivity contribution in [2.75, 3.05) is 20.3 Å². The van der Waals surface area contributed by atoms with Gasteiger partial charge in [0.2, 0.25) is 0 Å². The smallest absolute Gasteiger partial charge is 0.308 e. The Kier molecular flexibility index (Phi) is 9.30. The van der Waals surface area contributed by atoms with E-state index >= 15 is 0 Å². The zero-order valence-electron chi connectivity index (χ0n) is 11.9. The van der Waals surface area contributed by atoms with E-state index in [2.05, 4.69) is 0 Å². The molecular weight excluding hydrogens is 247 g/mol. The molecule has 0 aromatic carbocycles. The molecule has 0 bridgehead atoms. The number of rotatable bonds is 9. The fraction of sp³-hybridized carbons (Fsp3) is 0.846. The summed E-state index contributed by atoms with van der Waals surface area (Å²) in [5, 5.41) is 8.56. The monoisotopic (exact) mass is 270 g/mol. The lowest BCUT2D eigenvalue weighted by Gasteiger charge is -2.20. The number of aliphatic hydroxyl groups is 1. The molecule has 0 aromatic heterocycles. The van der Waals surface area contributed by atoms with E-state index in [-0.39, 0.29) is 42.8 Å².